The molecule has 0 bridgehead atoms. The summed E-state index contributed by atoms with van der Waals surface area (Å²) in [6.45, 7) is 1.23. The molecule has 0 unspecified atom stereocenters. The Morgan fingerprint density at radius 3 is 2.32 bits per heavy atom. The van der Waals surface area contributed by atoms with Gasteiger partial charge in [-0.15, -0.1) is 0 Å². The standard InChI is InChI=1S/C29H28N2O7/c1-33-19-7-9-23-22(14-19)30-17-31(23)10-5-11-37-20-6-8-21-24(32)16-25(38-26(21)15-20)18-12-27(34-2)29(36-4)28(13-18)35-3/h6-9,12-17H,5,10-11H2,1-4H3. The summed E-state index contributed by atoms with van der Waals surface area (Å²) in [4.78, 5) is 17.3. The zero-order chi connectivity index (χ0) is 26.6. The van der Waals surface area contributed by atoms with Crippen LogP contribution in [0.1, 0.15) is 6.42 Å². The van der Waals surface area contributed by atoms with E-state index in [1.54, 1.807) is 37.4 Å². The number of hydrogen-bond donors (Lipinski definition) is 0. The first-order valence-corrected chi connectivity index (χ1v) is 12.0. The van der Waals surface area contributed by atoms with Gasteiger partial charge < -0.3 is 32.7 Å². The molecular weight excluding hydrogens is 488 g/mol. The molecule has 5 aromatic rings. The number of imidazole rings is 1. The van der Waals surface area contributed by atoms with Gasteiger partial charge in [-0.2, -0.15) is 0 Å². The number of methoxy groups -OCH3 is 4. The van der Waals surface area contributed by atoms with Crippen molar-refractivity contribution in [2.24, 2.45) is 0 Å². The highest BCUT2D eigenvalue weighted by Crippen LogP contribution is 2.41. The lowest BCUT2D eigenvalue weighted by atomic mass is 10.1. The van der Waals surface area contributed by atoms with Crippen molar-refractivity contribution in [3.05, 3.63) is 71.1 Å². The molecule has 9 nitrogen and oxygen atoms in total. The molecule has 0 atom stereocenters. The number of nitrogens with zero attached hydrogens (tertiary/aromatic N) is 2. The minimum atomic E-state index is -0.162. The van der Waals surface area contributed by atoms with E-state index in [1.807, 2.05) is 24.5 Å². The molecule has 38 heavy (non-hydrogen) atoms. The molecular formula is C29H28N2O7. The molecule has 196 valence electrons. The van der Waals surface area contributed by atoms with Crippen LogP contribution in [0, 0.1) is 0 Å². The maximum atomic E-state index is 12.9. The van der Waals surface area contributed by atoms with Gasteiger partial charge in [0.25, 0.3) is 0 Å². The van der Waals surface area contributed by atoms with Crippen molar-refractivity contribution >= 4 is 22.0 Å². The fourth-order valence-corrected chi connectivity index (χ4v) is 4.36. The number of aromatic nitrogens is 2. The van der Waals surface area contributed by atoms with E-state index in [-0.39, 0.29) is 5.43 Å². The monoisotopic (exact) mass is 516 g/mol. The second kappa shape index (κ2) is 10.8. The quantitative estimate of drug-likeness (QED) is 0.231. The lowest BCUT2D eigenvalue weighted by Gasteiger charge is -2.14. The maximum Gasteiger partial charge on any atom is 0.203 e. The molecule has 0 aliphatic rings. The largest absolute Gasteiger partial charge is 0.497 e. The number of ether oxygens (including phenoxy) is 5. The second-order valence-corrected chi connectivity index (χ2v) is 8.54. The molecule has 3 aromatic carbocycles. The highest BCUT2D eigenvalue weighted by molar-refractivity contribution is 5.81. The van der Waals surface area contributed by atoms with Crippen LogP contribution >= 0.6 is 0 Å². The molecule has 0 aliphatic heterocycles. The third-order valence-electron chi connectivity index (χ3n) is 6.29. The van der Waals surface area contributed by atoms with Gasteiger partial charge in [0.05, 0.1) is 57.8 Å². The zero-order valence-electron chi connectivity index (χ0n) is 21.6. The average molecular weight is 517 g/mol. The van der Waals surface area contributed by atoms with Crippen molar-refractivity contribution in [3.63, 3.8) is 0 Å². The van der Waals surface area contributed by atoms with Crippen LogP contribution in [0.3, 0.4) is 0 Å². The van der Waals surface area contributed by atoms with Gasteiger partial charge in [-0.05, 0) is 42.8 Å². The van der Waals surface area contributed by atoms with Gasteiger partial charge in [0, 0.05) is 30.3 Å². The Labute approximate surface area is 219 Å². The van der Waals surface area contributed by atoms with E-state index in [9.17, 15) is 4.79 Å². The Balaban J connectivity index is 1.33. The third kappa shape index (κ3) is 4.82. The summed E-state index contributed by atoms with van der Waals surface area (Å²) in [6, 6.07) is 16.0. The van der Waals surface area contributed by atoms with Gasteiger partial charge in [0.15, 0.2) is 16.9 Å². The fourth-order valence-electron chi connectivity index (χ4n) is 4.36. The lowest BCUT2D eigenvalue weighted by Crippen LogP contribution is -2.05. The molecule has 0 fully saturated rings. The minimum Gasteiger partial charge on any atom is -0.497 e. The normalized spacial score (nSPS) is 11.1. The number of fused-ring (bicyclic) bond motifs is 2. The summed E-state index contributed by atoms with van der Waals surface area (Å²) in [5, 5.41) is 0.467. The molecule has 2 heterocycles. The van der Waals surface area contributed by atoms with E-state index in [0.717, 1.165) is 29.7 Å². The van der Waals surface area contributed by atoms with Crippen molar-refractivity contribution in [2.75, 3.05) is 35.0 Å². The van der Waals surface area contributed by atoms with E-state index in [2.05, 4.69) is 9.55 Å². The molecule has 9 heteroatoms. The third-order valence-corrected chi connectivity index (χ3v) is 6.29. The molecule has 0 saturated heterocycles. The van der Waals surface area contributed by atoms with Gasteiger partial charge in [0.1, 0.15) is 22.8 Å². The Morgan fingerprint density at radius 1 is 0.842 bits per heavy atom. The molecule has 0 N–H and O–H groups in total. The van der Waals surface area contributed by atoms with Crippen molar-refractivity contribution in [2.45, 2.75) is 13.0 Å². The van der Waals surface area contributed by atoms with Gasteiger partial charge in [-0.3, -0.25) is 4.79 Å². The van der Waals surface area contributed by atoms with E-state index in [0.29, 0.717) is 51.9 Å². The Bertz CT molecular complexity index is 1630. The minimum absolute atomic E-state index is 0.162. The summed E-state index contributed by atoms with van der Waals surface area (Å²) >= 11 is 0. The van der Waals surface area contributed by atoms with Crippen LogP contribution in [-0.2, 0) is 6.54 Å². The lowest BCUT2D eigenvalue weighted by molar-refractivity contribution is 0.302. The van der Waals surface area contributed by atoms with Crippen LogP contribution in [0.2, 0.25) is 0 Å². The van der Waals surface area contributed by atoms with E-state index in [1.165, 1.54) is 27.4 Å². The number of benzene rings is 3. The molecule has 0 amide bonds. The highest BCUT2D eigenvalue weighted by Gasteiger charge is 2.16. The average Bonchev–Trinajstić information content (AvgIpc) is 3.36. The van der Waals surface area contributed by atoms with Crippen molar-refractivity contribution < 1.29 is 28.1 Å². The molecule has 0 radical (unpaired) electrons. The van der Waals surface area contributed by atoms with Crippen LogP contribution in [0.5, 0.6) is 28.7 Å². The zero-order valence-corrected chi connectivity index (χ0v) is 21.6. The molecule has 0 saturated carbocycles. The first-order chi connectivity index (χ1) is 18.5. The Hall–Kier alpha value is -4.66. The highest BCUT2D eigenvalue weighted by atomic mass is 16.5. The predicted molar refractivity (Wildman–Crippen MR) is 144 cm³/mol. The smallest absolute Gasteiger partial charge is 0.203 e. The molecule has 5 rings (SSSR count). The van der Waals surface area contributed by atoms with E-state index >= 15 is 0 Å². The summed E-state index contributed by atoms with van der Waals surface area (Å²) in [6.07, 6.45) is 2.59. The van der Waals surface area contributed by atoms with Crippen molar-refractivity contribution in [1.82, 2.24) is 9.55 Å². The summed E-state index contributed by atoms with van der Waals surface area (Å²) in [5.41, 5.74) is 2.81. The van der Waals surface area contributed by atoms with Crippen LogP contribution < -0.4 is 29.1 Å². The second-order valence-electron chi connectivity index (χ2n) is 8.54. The van der Waals surface area contributed by atoms with Crippen molar-refractivity contribution in [3.8, 4) is 40.1 Å². The van der Waals surface area contributed by atoms with E-state index < -0.39 is 0 Å². The number of hydrogen-bond acceptors (Lipinski definition) is 8. The molecule has 2 aromatic heterocycles. The first-order valence-electron chi connectivity index (χ1n) is 12.0. The van der Waals surface area contributed by atoms with Gasteiger partial charge in [0.2, 0.25) is 5.75 Å². The summed E-state index contributed by atoms with van der Waals surface area (Å²) < 4.78 is 35.7. The number of rotatable bonds is 10. The molecule has 0 spiro atoms. The van der Waals surface area contributed by atoms with E-state index in [4.69, 9.17) is 28.1 Å². The van der Waals surface area contributed by atoms with Gasteiger partial charge in [-0.25, -0.2) is 4.98 Å². The predicted octanol–water partition coefficient (Wildman–Crippen LogP) is 5.31. The maximum absolute atomic E-state index is 12.9. The Morgan fingerprint density at radius 2 is 1.61 bits per heavy atom. The van der Waals surface area contributed by atoms with Crippen LogP contribution in [0.25, 0.3) is 33.3 Å². The molecule has 0 aliphatic carbocycles. The Kier molecular flexibility index (Phi) is 7.08. The van der Waals surface area contributed by atoms with Crippen LogP contribution in [0.15, 0.2) is 70.1 Å². The number of aryl methyl sites for hydroxylation is 1. The fraction of sp³-hybridized carbons (Fsp3) is 0.241. The summed E-state index contributed by atoms with van der Waals surface area (Å²) in [7, 11) is 6.25. The van der Waals surface area contributed by atoms with Gasteiger partial charge >= 0.3 is 0 Å². The topological polar surface area (TPSA) is 94.2 Å². The SMILES string of the molecule is COc1ccc2c(c1)ncn2CCCOc1ccc2c(=O)cc(-c3cc(OC)c(OC)c(OC)c3)oc2c1. The van der Waals surface area contributed by atoms with Crippen molar-refractivity contribution in [1.29, 1.82) is 0 Å². The van der Waals surface area contributed by atoms with Crippen LogP contribution in [0.4, 0.5) is 0 Å². The van der Waals surface area contributed by atoms with Gasteiger partial charge in [-0.1, -0.05) is 0 Å². The summed E-state index contributed by atoms with van der Waals surface area (Å²) in [5.74, 6) is 3.16. The van der Waals surface area contributed by atoms with Crippen LogP contribution in [-0.4, -0.2) is 44.6 Å². The first kappa shape index (κ1) is 25.0.